The minimum atomic E-state index is -3.82. The minimum Gasteiger partial charge on any atom is -0.353 e. The molecule has 4 rings (SSSR count). The molecule has 184 valence electrons. The highest BCUT2D eigenvalue weighted by Crippen LogP contribution is 2.26. The maximum atomic E-state index is 13.4. The fourth-order valence-electron chi connectivity index (χ4n) is 4.70. The molecule has 2 aromatic rings. The minimum absolute atomic E-state index is 0.140. The predicted molar refractivity (Wildman–Crippen MR) is 135 cm³/mol. The van der Waals surface area contributed by atoms with E-state index in [0.717, 1.165) is 57.4 Å². The molecule has 3 N–H and O–H groups in total. The molecule has 2 heterocycles. The zero-order valence-corrected chi connectivity index (χ0v) is 20.9. The Morgan fingerprint density at radius 3 is 2.47 bits per heavy atom. The van der Waals surface area contributed by atoms with E-state index in [9.17, 15) is 13.2 Å². The average Bonchev–Trinajstić information content (AvgIpc) is 3.09. The molecule has 0 radical (unpaired) electrons. The van der Waals surface area contributed by atoms with E-state index >= 15 is 0 Å². The third-order valence-corrected chi connectivity index (χ3v) is 8.13. The van der Waals surface area contributed by atoms with Crippen LogP contribution >= 0.6 is 0 Å². The van der Waals surface area contributed by atoms with Gasteiger partial charge in [-0.2, -0.15) is 0 Å². The number of pyridine rings is 1. The lowest BCUT2D eigenvalue weighted by Gasteiger charge is -2.30. The molecule has 0 spiro atoms. The van der Waals surface area contributed by atoms with E-state index in [2.05, 4.69) is 25.2 Å². The van der Waals surface area contributed by atoms with Crippen LogP contribution in [0.3, 0.4) is 0 Å². The molecule has 1 saturated carbocycles. The van der Waals surface area contributed by atoms with Crippen molar-refractivity contribution in [1.29, 1.82) is 0 Å². The monoisotopic (exact) mass is 485 g/mol. The van der Waals surface area contributed by atoms with Crippen LogP contribution in [0.2, 0.25) is 0 Å². The number of rotatable bonds is 6. The Kier molecular flexibility index (Phi) is 7.73. The van der Waals surface area contributed by atoms with Crippen LogP contribution in [-0.2, 0) is 10.0 Å². The van der Waals surface area contributed by atoms with Crippen molar-refractivity contribution in [3.63, 3.8) is 0 Å². The van der Waals surface area contributed by atoms with E-state index in [-0.39, 0.29) is 22.5 Å². The maximum absolute atomic E-state index is 13.4. The van der Waals surface area contributed by atoms with Gasteiger partial charge in [0, 0.05) is 32.2 Å². The van der Waals surface area contributed by atoms with Gasteiger partial charge in [-0.3, -0.25) is 9.52 Å². The number of aryl methyl sites for hydroxylation is 2. The van der Waals surface area contributed by atoms with Gasteiger partial charge in [0.15, 0.2) is 0 Å². The van der Waals surface area contributed by atoms with Crippen LogP contribution in [-0.4, -0.2) is 51.5 Å². The molecule has 1 amide bonds. The molecule has 9 heteroatoms. The molecule has 0 bridgehead atoms. The van der Waals surface area contributed by atoms with Crippen molar-refractivity contribution in [3.8, 4) is 0 Å². The molecule has 1 aromatic carbocycles. The van der Waals surface area contributed by atoms with Gasteiger partial charge in [-0.05, 0) is 49.9 Å². The largest absolute Gasteiger partial charge is 0.353 e. The number of carbonyl (C=O) groups is 1. The molecule has 1 aliphatic heterocycles. The van der Waals surface area contributed by atoms with Crippen molar-refractivity contribution < 1.29 is 13.2 Å². The van der Waals surface area contributed by atoms with Crippen LogP contribution in [0.15, 0.2) is 35.4 Å². The van der Waals surface area contributed by atoms with Crippen molar-refractivity contribution >= 4 is 27.4 Å². The number of amides is 1. The second kappa shape index (κ2) is 10.7. The highest BCUT2D eigenvalue weighted by atomic mass is 32.2. The third kappa shape index (κ3) is 5.88. The molecular formula is C25H35N5O3S. The molecule has 2 aliphatic rings. The summed E-state index contributed by atoms with van der Waals surface area (Å²) in [6, 6.07) is 7.09. The Morgan fingerprint density at radius 2 is 1.76 bits per heavy atom. The zero-order valence-electron chi connectivity index (χ0n) is 20.1. The summed E-state index contributed by atoms with van der Waals surface area (Å²) in [5.74, 6) is 0.406. The molecule has 1 aromatic heterocycles. The Balaban J connectivity index is 1.63. The SMILES string of the molecule is Cc1ccc(C)c(S(=O)(=O)Nc2cnc(N3CCNCC3)c(C(=O)NC3CCCCCC3)c2)c1. The fourth-order valence-corrected chi connectivity index (χ4v) is 6.07. The van der Waals surface area contributed by atoms with E-state index < -0.39 is 10.0 Å². The van der Waals surface area contributed by atoms with Crippen LogP contribution in [0.25, 0.3) is 0 Å². The van der Waals surface area contributed by atoms with Crippen molar-refractivity contribution in [2.45, 2.75) is 63.3 Å². The van der Waals surface area contributed by atoms with Gasteiger partial charge < -0.3 is 15.5 Å². The van der Waals surface area contributed by atoms with Gasteiger partial charge >= 0.3 is 0 Å². The van der Waals surface area contributed by atoms with Gasteiger partial charge in [0.1, 0.15) is 5.82 Å². The van der Waals surface area contributed by atoms with Gasteiger partial charge in [-0.15, -0.1) is 0 Å². The number of nitrogens with zero attached hydrogens (tertiary/aromatic N) is 2. The van der Waals surface area contributed by atoms with Gasteiger partial charge in [0.05, 0.1) is 22.3 Å². The number of benzene rings is 1. The van der Waals surface area contributed by atoms with Gasteiger partial charge in [0.2, 0.25) is 0 Å². The number of hydrogen-bond acceptors (Lipinski definition) is 6. The smallest absolute Gasteiger partial charge is 0.262 e. The molecule has 0 unspecified atom stereocenters. The Labute approximate surface area is 202 Å². The van der Waals surface area contributed by atoms with E-state index in [1.54, 1.807) is 25.1 Å². The Morgan fingerprint density at radius 1 is 1.06 bits per heavy atom. The van der Waals surface area contributed by atoms with E-state index in [4.69, 9.17) is 0 Å². The number of nitrogens with one attached hydrogen (secondary N) is 3. The molecule has 1 saturated heterocycles. The van der Waals surface area contributed by atoms with Crippen molar-refractivity contribution in [2.24, 2.45) is 0 Å². The first-order valence-corrected chi connectivity index (χ1v) is 13.7. The lowest BCUT2D eigenvalue weighted by molar-refractivity contribution is 0.0933. The van der Waals surface area contributed by atoms with Crippen LogP contribution < -0.4 is 20.3 Å². The number of hydrogen-bond donors (Lipinski definition) is 3. The van der Waals surface area contributed by atoms with E-state index in [0.29, 0.717) is 16.9 Å². The molecule has 2 fully saturated rings. The van der Waals surface area contributed by atoms with Crippen molar-refractivity contribution in [2.75, 3.05) is 35.8 Å². The Bertz CT molecular complexity index is 1120. The quantitative estimate of drug-likeness (QED) is 0.542. The summed E-state index contributed by atoms with van der Waals surface area (Å²) in [6.45, 7) is 6.73. The second-order valence-corrected chi connectivity index (χ2v) is 11.0. The summed E-state index contributed by atoms with van der Waals surface area (Å²) in [7, 11) is -3.82. The summed E-state index contributed by atoms with van der Waals surface area (Å²) in [6.07, 6.45) is 8.09. The molecular weight excluding hydrogens is 450 g/mol. The van der Waals surface area contributed by atoms with Crippen molar-refractivity contribution in [1.82, 2.24) is 15.6 Å². The highest BCUT2D eigenvalue weighted by Gasteiger charge is 2.25. The summed E-state index contributed by atoms with van der Waals surface area (Å²) < 4.78 is 28.9. The highest BCUT2D eigenvalue weighted by molar-refractivity contribution is 7.92. The van der Waals surface area contributed by atoms with Gasteiger partial charge in [-0.1, -0.05) is 37.8 Å². The molecule has 34 heavy (non-hydrogen) atoms. The lowest BCUT2D eigenvalue weighted by Crippen LogP contribution is -2.45. The topological polar surface area (TPSA) is 103 Å². The summed E-state index contributed by atoms with van der Waals surface area (Å²) in [5.41, 5.74) is 2.22. The number of piperazine rings is 1. The molecule has 0 atom stereocenters. The summed E-state index contributed by atoms with van der Waals surface area (Å²) >= 11 is 0. The van der Waals surface area contributed by atoms with Crippen LogP contribution in [0, 0.1) is 13.8 Å². The van der Waals surface area contributed by atoms with Crippen LogP contribution in [0.1, 0.15) is 60.0 Å². The number of aromatic nitrogens is 1. The predicted octanol–water partition coefficient (Wildman–Crippen LogP) is 3.36. The number of carbonyl (C=O) groups excluding carboxylic acids is 1. The normalized spacial score (nSPS) is 17.8. The molecule has 8 nitrogen and oxygen atoms in total. The van der Waals surface area contributed by atoms with Crippen LogP contribution in [0.4, 0.5) is 11.5 Å². The van der Waals surface area contributed by atoms with Crippen molar-refractivity contribution in [3.05, 3.63) is 47.2 Å². The zero-order chi connectivity index (χ0) is 24.1. The van der Waals surface area contributed by atoms with Gasteiger partial charge in [-0.25, -0.2) is 13.4 Å². The third-order valence-electron chi connectivity index (χ3n) is 6.60. The van der Waals surface area contributed by atoms with E-state index in [1.807, 2.05) is 13.0 Å². The second-order valence-electron chi connectivity index (χ2n) is 9.37. The maximum Gasteiger partial charge on any atom is 0.262 e. The van der Waals surface area contributed by atoms with E-state index in [1.165, 1.54) is 19.0 Å². The summed E-state index contributed by atoms with van der Waals surface area (Å²) in [4.78, 5) is 20.3. The Hall–Kier alpha value is -2.65. The lowest BCUT2D eigenvalue weighted by atomic mass is 10.1. The fraction of sp³-hybridized carbons (Fsp3) is 0.520. The molecule has 1 aliphatic carbocycles. The average molecular weight is 486 g/mol. The first kappa shape index (κ1) is 24.5. The first-order chi connectivity index (χ1) is 16.3. The van der Waals surface area contributed by atoms with Gasteiger partial charge in [0.25, 0.3) is 15.9 Å². The number of anilines is 2. The number of sulfonamides is 1. The first-order valence-electron chi connectivity index (χ1n) is 12.2. The van der Waals surface area contributed by atoms with Crippen LogP contribution in [0.5, 0.6) is 0 Å². The standard InChI is InChI=1S/C25H35N5O3S/c1-18-9-10-19(2)23(15-18)34(32,33)29-21-16-22(24(27-17-21)30-13-11-26-12-14-30)25(31)28-20-7-5-3-4-6-8-20/h9-10,15-17,20,26,29H,3-8,11-14H2,1-2H3,(H,28,31). The summed E-state index contributed by atoms with van der Waals surface area (Å²) in [5, 5.41) is 6.51.